The van der Waals surface area contributed by atoms with Crippen LogP contribution in [-0.2, 0) is 0 Å². The molecular weight excluding hydrogens is 148 g/mol. The Labute approximate surface area is 75.5 Å². The summed E-state index contributed by atoms with van der Waals surface area (Å²) >= 11 is 0. The zero-order valence-corrected chi connectivity index (χ0v) is 8.21. The number of hydrogen-bond donors (Lipinski definition) is 1. The molecule has 0 aromatic heterocycles. The molecule has 1 N–H and O–H groups in total. The summed E-state index contributed by atoms with van der Waals surface area (Å²) in [4.78, 5) is 0. The van der Waals surface area contributed by atoms with Gasteiger partial charge < -0.3 is 5.11 Å². The Morgan fingerprint density at radius 2 is 2.17 bits per heavy atom. The number of rotatable bonds is 3. The molecule has 0 aromatic carbocycles. The highest BCUT2D eigenvalue weighted by atomic mass is 16.3. The van der Waals surface area contributed by atoms with Crippen LogP contribution in [0, 0.1) is 17.8 Å². The molecule has 0 saturated heterocycles. The van der Waals surface area contributed by atoms with Crippen molar-refractivity contribution >= 4 is 0 Å². The molecule has 2 atom stereocenters. The minimum atomic E-state index is 0.314. The molecule has 1 fully saturated rings. The van der Waals surface area contributed by atoms with Crippen molar-refractivity contribution in [1.82, 2.24) is 0 Å². The second-order valence-electron chi connectivity index (χ2n) is 4.21. The highest BCUT2D eigenvalue weighted by Gasteiger charge is 2.29. The van der Waals surface area contributed by atoms with Crippen molar-refractivity contribution in [3.05, 3.63) is 12.2 Å². The Morgan fingerprint density at radius 1 is 1.50 bits per heavy atom. The lowest BCUT2D eigenvalue weighted by Crippen LogP contribution is -2.08. The monoisotopic (exact) mass is 168 g/mol. The molecule has 0 aromatic rings. The normalized spacial score (nSPS) is 30.2. The lowest BCUT2D eigenvalue weighted by Gasteiger charge is -2.17. The number of hydrogen-bond acceptors (Lipinski definition) is 1. The maximum absolute atomic E-state index is 8.83. The van der Waals surface area contributed by atoms with Gasteiger partial charge in [-0.1, -0.05) is 26.0 Å². The standard InChI is InChI=1S/C11H20O/c1-8(2)11-5-4-10(6-7-12)9(11)3/h8,10-12H,3-7H2,1-2H3/t10-,11-/m0/s1. The van der Waals surface area contributed by atoms with E-state index in [2.05, 4.69) is 20.4 Å². The summed E-state index contributed by atoms with van der Waals surface area (Å²) in [5.74, 6) is 2.03. The second kappa shape index (κ2) is 4.08. The van der Waals surface area contributed by atoms with Crippen LogP contribution in [0.15, 0.2) is 12.2 Å². The van der Waals surface area contributed by atoms with Gasteiger partial charge in [0.15, 0.2) is 0 Å². The van der Waals surface area contributed by atoms with Gasteiger partial charge in [-0.05, 0) is 37.0 Å². The van der Waals surface area contributed by atoms with Gasteiger partial charge in [0.05, 0.1) is 0 Å². The van der Waals surface area contributed by atoms with Gasteiger partial charge in [0.25, 0.3) is 0 Å². The molecular formula is C11H20O. The van der Waals surface area contributed by atoms with E-state index < -0.39 is 0 Å². The molecule has 1 aliphatic carbocycles. The first-order valence-electron chi connectivity index (χ1n) is 4.96. The molecule has 0 aliphatic heterocycles. The van der Waals surface area contributed by atoms with Crippen LogP contribution >= 0.6 is 0 Å². The summed E-state index contributed by atoms with van der Waals surface area (Å²) in [5.41, 5.74) is 1.39. The van der Waals surface area contributed by atoms with E-state index in [9.17, 15) is 0 Å². The number of aliphatic hydroxyl groups is 1. The van der Waals surface area contributed by atoms with Crippen LogP contribution in [0.5, 0.6) is 0 Å². The maximum atomic E-state index is 8.83. The number of allylic oxidation sites excluding steroid dienone is 1. The van der Waals surface area contributed by atoms with Gasteiger partial charge in [-0.25, -0.2) is 0 Å². The molecule has 0 heterocycles. The summed E-state index contributed by atoms with van der Waals surface area (Å²) in [5, 5.41) is 8.83. The largest absolute Gasteiger partial charge is 0.396 e. The van der Waals surface area contributed by atoms with E-state index in [1.165, 1.54) is 18.4 Å². The first-order valence-corrected chi connectivity index (χ1v) is 4.96. The van der Waals surface area contributed by atoms with Gasteiger partial charge in [-0.2, -0.15) is 0 Å². The predicted molar refractivity (Wildman–Crippen MR) is 51.9 cm³/mol. The Balaban J connectivity index is 2.49. The van der Waals surface area contributed by atoms with E-state index in [4.69, 9.17) is 5.11 Å². The second-order valence-corrected chi connectivity index (χ2v) is 4.21. The molecule has 0 bridgehead atoms. The molecule has 1 nitrogen and oxygen atoms in total. The summed E-state index contributed by atoms with van der Waals surface area (Å²) in [6.07, 6.45) is 3.44. The van der Waals surface area contributed by atoms with Crippen LogP contribution in [0.1, 0.15) is 33.1 Å². The highest BCUT2D eigenvalue weighted by Crippen LogP contribution is 2.40. The molecule has 0 radical (unpaired) electrons. The van der Waals surface area contributed by atoms with Crippen molar-refractivity contribution in [3.63, 3.8) is 0 Å². The molecule has 0 unspecified atom stereocenters. The molecule has 1 aliphatic rings. The highest BCUT2D eigenvalue weighted by molar-refractivity contribution is 5.11. The topological polar surface area (TPSA) is 20.2 Å². The molecule has 0 amide bonds. The molecule has 70 valence electrons. The fourth-order valence-electron chi connectivity index (χ4n) is 2.30. The van der Waals surface area contributed by atoms with E-state index in [1.54, 1.807) is 0 Å². The average molecular weight is 168 g/mol. The Hall–Kier alpha value is -0.300. The van der Waals surface area contributed by atoms with Gasteiger partial charge in [0, 0.05) is 6.61 Å². The van der Waals surface area contributed by atoms with Gasteiger partial charge in [0.2, 0.25) is 0 Å². The van der Waals surface area contributed by atoms with Crippen molar-refractivity contribution < 1.29 is 5.11 Å². The third-order valence-electron chi connectivity index (χ3n) is 3.11. The maximum Gasteiger partial charge on any atom is 0.0436 e. The molecule has 0 spiro atoms. The Kier molecular flexibility index (Phi) is 3.33. The van der Waals surface area contributed by atoms with Crippen LogP contribution in [0.3, 0.4) is 0 Å². The van der Waals surface area contributed by atoms with E-state index in [-0.39, 0.29) is 0 Å². The summed E-state index contributed by atoms with van der Waals surface area (Å²) < 4.78 is 0. The van der Waals surface area contributed by atoms with Crippen molar-refractivity contribution in [2.75, 3.05) is 6.61 Å². The summed E-state index contributed by atoms with van der Waals surface area (Å²) in [6.45, 7) is 8.98. The average Bonchev–Trinajstić information content (AvgIpc) is 2.34. The van der Waals surface area contributed by atoms with E-state index in [0.29, 0.717) is 18.4 Å². The lowest BCUT2D eigenvalue weighted by atomic mass is 9.88. The van der Waals surface area contributed by atoms with E-state index in [0.717, 1.165) is 12.3 Å². The quantitative estimate of drug-likeness (QED) is 0.642. The summed E-state index contributed by atoms with van der Waals surface area (Å²) in [6, 6.07) is 0. The predicted octanol–water partition coefficient (Wildman–Crippen LogP) is 2.61. The minimum Gasteiger partial charge on any atom is -0.396 e. The van der Waals surface area contributed by atoms with Crippen molar-refractivity contribution in [3.8, 4) is 0 Å². The molecule has 1 rings (SSSR count). The lowest BCUT2D eigenvalue weighted by molar-refractivity contribution is 0.268. The van der Waals surface area contributed by atoms with Crippen LogP contribution in [-0.4, -0.2) is 11.7 Å². The van der Waals surface area contributed by atoms with Gasteiger partial charge in [-0.15, -0.1) is 0 Å². The first-order chi connectivity index (χ1) is 5.66. The molecule has 1 saturated carbocycles. The van der Waals surface area contributed by atoms with Gasteiger partial charge in [-0.3, -0.25) is 0 Å². The van der Waals surface area contributed by atoms with Crippen LogP contribution in [0.4, 0.5) is 0 Å². The third-order valence-corrected chi connectivity index (χ3v) is 3.11. The van der Waals surface area contributed by atoms with Crippen molar-refractivity contribution in [2.45, 2.75) is 33.1 Å². The smallest absolute Gasteiger partial charge is 0.0436 e. The minimum absolute atomic E-state index is 0.314. The molecule has 12 heavy (non-hydrogen) atoms. The van der Waals surface area contributed by atoms with Crippen LogP contribution in [0.2, 0.25) is 0 Å². The van der Waals surface area contributed by atoms with Crippen LogP contribution in [0.25, 0.3) is 0 Å². The van der Waals surface area contributed by atoms with Crippen molar-refractivity contribution in [1.29, 1.82) is 0 Å². The molecule has 1 heteroatoms. The van der Waals surface area contributed by atoms with Crippen molar-refractivity contribution in [2.24, 2.45) is 17.8 Å². The Morgan fingerprint density at radius 3 is 2.58 bits per heavy atom. The van der Waals surface area contributed by atoms with E-state index >= 15 is 0 Å². The third kappa shape index (κ3) is 1.89. The van der Waals surface area contributed by atoms with Crippen LogP contribution < -0.4 is 0 Å². The van der Waals surface area contributed by atoms with E-state index in [1.807, 2.05) is 0 Å². The fourth-order valence-corrected chi connectivity index (χ4v) is 2.30. The zero-order chi connectivity index (χ0) is 9.14. The van der Waals surface area contributed by atoms with Gasteiger partial charge in [0.1, 0.15) is 0 Å². The SMILES string of the molecule is C=C1[C@H](CCO)CC[C@H]1C(C)C. The Bertz CT molecular complexity index is 160. The van der Waals surface area contributed by atoms with Gasteiger partial charge >= 0.3 is 0 Å². The number of aliphatic hydroxyl groups excluding tert-OH is 1. The first kappa shape index (κ1) is 9.79. The summed E-state index contributed by atoms with van der Waals surface area (Å²) in [7, 11) is 0. The fraction of sp³-hybridized carbons (Fsp3) is 0.818. The zero-order valence-electron chi connectivity index (χ0n) is 8.21.